The molecule has 0 bridgehead atoms. The van der Waals surface area contributed by atoms with E-state index >= 15 is 9.59 Å². The standard InChI is InChI=1S/C50H26O3/c51-48(36-22-16-32-12-10-26-4-1-6-28-14-20-34(36)43(32)40(26)28)46-38-24-18-30-8-3-9-31-19-25-39(45(38)42(30)31)50(53)47(46)49(52)37-23-17-33-13-11-27-5-2-7-29-15-21-35(37)44(33)41(27)29/h1-25,53H. The molecule has 53 heavy (non-hydrogen) atoms. The van der Waals surface area contributed by atoms with Gasteiger partial charge in [0.25, 0.3) is 0 Å². The van der Waals surface area contributed by atoms with Gasteiger partial charge in [-0.05, 0) is 104 Å². The van der Waals surface area contributed by atoms with Gasteiger partial charge in [-0.1, -0.05) is 133 Å². The van der Waals surface area contributed by atoms with Gasteiger partial charge < -0.3 is 5.11 Å². The fourth-order valence-electron chi connectivity index (χ4n) is 9.47. The summed E-state index contributed by atoms with van der Waals surface area (Å²) in [6.07, 6.45) is 0. The topological polar surface area (TPSA) is 54.4 Å². The molecule has 3 nitrogen and oxygen atoms in total. The van der Waals surface area contributed by atoms with E-state index in [1.807, 2.05) is 84.9 Å². The van der Waals surface area contributed by atoms with Crippen LogP contribution in [0.5, 0.6) is 5.75 Å². The summed E-state index contributed by atoms with van der Waals surface area (Å²) in [6.45, 7) is 0. The Balaban J connectivity index is 1.20. The number of carbonyl (C=O) groups excluding carboxylic acids is 2. The lowest BCUT2D eigenvalue weighted by Crippen LogP contribution is -2.14. The molecule has 0 fully saturated rings. The molecule has 0 heterocycles. The van der Waals surface area contributed by atoms with E-state index in [2.05, 4.69) is 66.7 Å². The van der Waals surface area contributed by atoms with Gasteiger partial charge in [-0.25, -0.2) is 0 Å². The Labute approximate surface area is 301 Å². The summed E-state index contributed by atoms with van der Waals surface area (Å²) in [6, 6.07) is 50.7. The summed E-state index contributed by atoms with van der Waals surface area (Å²) in [5.41, 5.74) is 1.19. The van der Waals surface area contributed by atoms with Crippen molar-refractivity contribution in [3.05, 3.63) is 174 Å². The predicted molar refractivity (Wildman–Crippen MR) is 219 cm³/mol. The van der Waals surface area contributed by atoms with E-state index in [0.29, 0.717) is 21.9 Å². The Kier molecular flexibility index (Phi) is 5.41. The number of hydrogen-bond donors (Lipinski definition) is 1. The van der Waals surface area contributed by atoms with Crippen molar-refractivity contribution in [2.75, 3.05) is 0 Å². The van der Waals surface area contributed by atoms with E-state index in [-0.39, 0.29) is 28.4 Å². The van der Waals surface area contributed by atoms with Crippen LogP contribution in [0.25, 0.3) is 97.0 Å². The van der Waals surface area contributed by atoms with Crippen LogP contribution < -0.4 is 0 Å². The maximum atomic E-state index is 15.5. The molecule has 0 aliphatic heterocycles. The normalized spacial score (nSPS) is 12.4. The average Bonchev–Trinajstić information content (AvgIpc) is 3.20. The molecule has 0 saturated carbocycles. The maximum Gasteiger partial charge on any atom is 0.198 e. The van der Waals surface area contributed by atoms with Crippen LogP contribution in [0.4, 0.5) is 0 Å². The van der Waals surface area contributed by atoms with E-state index in [0.717, 1.165) is 86.2 Å². The van der Waals surface area contributed by atoms with Crippen LogP contribution in [0, 0.1) is 0 Å². The summed E-state index contributed by atoms with van der Waals surface area (Å²) in [4.78, 5) is 30.9. The van der Waals surface area contributed by atoms with Crippen molar-refractivity contribution < 1.29 is 14.7 Å². The summed E-state index contributed by atoms with van der Waals surface area (Å²) in [5.74, 6) is -0.850. The minimum Gasteiger partial charge on any atom is -0.507 e. The van der Waals surface area contributed by atoms with E-state index in [1.165, 1.54) is 0 Å². The molecule has 1 N–H and O–H groups in total. The molecule has 0 aromatic heterocycles. The highest BCUT2D eigenvalue weighted by molar-refractivity contribution is 6.38. The van der Waals surface area contributed by atoms with Crippen LogP contribution in [-0.2, 0) is 0 Å². The molecule has 12 aromatic rings. The van der Waals surface area contributed by atoms with Crippen molar-refractivity contribution in [2.24, 2.45) is 0 Å². The monoisotopic (exact) mass is 674 g/mol. The molecule has 244 valence electrons. The second-order valence-corrected chi connectivity index (χ2v) is 14.4. The van der Waals surface area contributed by atoms with Crippen LogP contribution in [0.2, 0.25) is 0 Å². The molecule has 12 rings (SSSR count). The zero-order chi connectivity index (χ0) is 35.1. The number of benzene rings is 12. The molecule has 3 heteroatoms. The molecule has 0 atom stereocenters. The molecule has 0 amide bonds. The van der Waals surface area contributed by atoms with Crippen LogP contribution in [0.15, 0.2) is 152 Å². The van der Waals surface area contributed by atoms with Gasteiger partial charge >= 0.3 is 0 Å². The molecule has 0 saturated heterocycles. The minimum absolute atomic E-state index is 0.0293. The van der Waals surface area contributed by atoms with Crippen molar-refractivity contribution in [1.82, 2.24) is 0 Å². The van der Waals surface area contributed by atoms with Gasteiger partial charge in [-0.3, -0.25) is 9.59 Å². The van der Waals surface area contributed by atoms with Gasteiger partial charge in [0.1, 0.15) is 5.75 Å². The third-order valence-corrected chi connectivity index (χ3v) is 11.8. The van der Waals surface area contributed by atoms with Crippen LogP contribution in [0.3, 0.4) is 0 Å². The van der Waals surface area contributed by atoms with Crippen LogP contribution >= 0.6 is 0 Å². The largest absolute Gasteiger partial charge is 0.507 e. The Morgan fingerprint density at radius 2 is 0.623 bits per heavy atom. The zero-order valence-electron chi connectivity index (χ0n) is 28.2. The summed E-state index contributed by atoms with van der Waals surface area (Å²) < 4.78 is 0. The second kappa shape index (κ2) is 10.0. The van der Waals surface area contributed by atoms with E-state index < -0.39 is 0 Å². The number of ketones is 2. The third kappa shape index (κ3) is 3.63. The number of phenols is 1. The first kappa shape index (κ1) is 28.6. The molecule has 0 radical (unpaired) electrons. The molecule has 0 aliphatic carbocycles. The predicted octanol–water partition coefficient (Wildman–Crippen LogP) is 12.5. The van der Waals surface area contributed by atoms with Crippen molar-refractivity contribution in [3.8, 4) is 5.75 Å². The smallest absolute Gasteiger partial charge is 0.198 e. The first-order chi connectivity index (χ1) is 26.0. The first-order valence-electron chi connectivity index (χ1n) is 17.9. The fraction of sp³-hybridized carbons (Fsp3) is 0. The van der Waals surface area contributed by atoms with Crippen molar-refractivity contribution >= 4 is 109 Å². The fourth-order valence-corrected chi connectivity index (χ4v) is 9.47. The highest BCUT2D eigenvalue weighted by Crippen LogP contribution is 2.46. The number of phenolic OH excluding ortho intramolecular Hbond substituents is 1. The lowest BCUT2D eigenvalue weighted by molar-refractivity contribution is 0.100. The molecule has 0 spiro atoms. The molecular formula is C50H26O3. The Morgan fingerprint density at radius 1 is 0.302 bits per heavy atom. The van der Waals surface area contributed by atoms with Gasteiger partial charge in [0.15, 0.2) is 11.6 Å². The lowest BCUT2D eigenvalue weighted by Gasteiger charge is -2.20. The lowest BCUT2D eigenvalue weighted by atomic mass is 9.81. The SMILES string of the molecule is O=C(c1c(O)c2ccc3cccc4ccc(c1C(=O)c1ccc5ccc6cccc7ccc1c5c67)c2c34)c1ccc2ccc3cccc4ccc1c2c34. The number of carbonyl (C=O) groups is 2. The van der Waals surface area contributed by atoms with Gasteiger partial charge in [-0.15, -0.1) is 0 Å². The van der Waals surface area contributed by atoms with Crippen molar-refractivity contribution in [2.45, 2.75) is 0 Å². The van der Waals surface area contributed by atoms with Gasteiger partial charge in [0.2, 0.25) is 0 Å². The number of hydrogen-bond acceptors (Lipinski definition) is 3. The summed E-state index contributed by atoms with van der Waals surface area (Å²) in [7, 11) is 0. The Hall–Kier alpha value is -7.10. The van der Waals surface area contributed by atoms with Crippen molar-refractivity contribution in [1.29, 1.82) is 0 Å². The van der Waals surface area contributed by atoms with Crippen molar-refractivity contribution in [3.63, 3.8) is 0 Å². The quantitative estimate of drug-likeness (QED) is 0.149. The Bertz CT molecular complexity index is 3510. The summed E-state index contributed by atoms with van der Waals surface area (Å²) >= 11 is 0. The molecule has 0 unspecified atom stereocenters. The van der Waals surface area contributed by atoms with E-state index in [9.17, 15) is 5.11 Å². The average molecular weight is 675 g/mol. The highest BCUT2D eigenvalue weighted by atomic mass is 16.3. The minimum atomic E-state index is -0.382. The van der Waals surface area contributed by atoms with E-state index in [4.69, 9.17) is 0 Å². The van der Waals surface area contributed by atoms with Crippen LogP contribution in [-0.4, -0.2) is 16.7 Å². The second-order valence-electron chi connectivity index (χ2n) is 14.4. The van der Waals surface area contributed by atoms with Gasteiger partial charge in [-0.2, -0.15) is 0 Å². The van der Waals surface area contributed by atoms with Gasteiger partial charge in [0.05, 0.1) is 5.56 Å². The number of aromatic hydroxyl groups is 1. The maximum absolute atomic E-state index is 15.5. The molecular weight excluding hydrogens is 649 g/mol. The van der Waals surface area contributed by atoms with Crippen LogP contribution in [0.1, 0.15) is 31.8 Å². The zero-order valence-corrected chi connectivity index (χ0v) is 28.2. The molecule has 0 aliphatic rings. The summed E-state index contributed by atoms with van der Waals surface area (Å²) in [5, 5.41) is 29.7. The number of rotatable bonds is 4. The van der Waals surface area contributed by atoms with E-state index in [1.54, 1.807) is 0 Å². The third-order valence-electron chi connectivity index (χ3n) is 11.8. The molecule has 12 aromatic carbocycles. The van der Waals surface area contributed by atoms with Gasteiger partial charge in [0, 0.05) is 27.5 Å². The highest BCUT2D eigenvalue weighted by Gasteiger charge is 2.31. The Morgan fingerprint density at radius 3 is 1.08 bits per heavy atom. The first-order valence-corrected chi connectivity index (χ1v) is 17.9.